The second-order valence-corrected chi connectivity index (χ2v) is 6.25. The van der Waals surface area contributed by atoms with Gasteiger partial charge >= 0.3 is 5.97 Å². The summed E-state index contributed by atoms with van der Waals surface area (Å²) in [6.45, 7) is -0.506. The highest BCUT2D eigenvalue weighted by atomic mass is 35.5. The Balaban J connectivity index is 1.85. The van der Waals surface area contributed by atoms with Crippen LogP contribution in [0.5, 0.6) is 0 Å². The average molecular weight is 353 g/mol. The van der Waals surface area contributed by atoms with Gasteiger partial charge in [-0.1, -0.05) is 36.9 Å². The van der Waals surface area contributed by atoms with Gasteiger partial charge in [0.25, 0.3) is 5.91 Å². The van der Waals surface area contributed by atoms with Gasteiger partial charge in [0.05, 0.1) is 12.5 Å². The van der Waals surface area contributed by atoms with Gasteiger partial charge < -0.3 is 10.1 Å². The van der Waals surface area contributed by atoms with Gasteiger partial charge in [-0.3, -0.25) is 9.59 Å². The topological polar surface area (TPSA) is 79.2 Å². The molecule has 0 heterocycles. The van der Waals surface area contributed by atoms with Gasteiger partial charge in [0.1, 0.15) is 11.4 Å². The van der Waals surface area contributed by atoms with E-state index in [-0.39, 0.29) is 17.0 Å². The molecule has 0 spiro atoms. The van der Waals surface area contributed by atoms with Crippen LogP contribution in [0.2, 0.25) is 5.02 Å². The fraction of sp³-hybridized carbons (Fsp3) is 0.471. The molecule has 1 saturated carbocycles. The molecule has 0 aromatic heterocycles. The minimum absolute atomic E-state index is 0.0327. The molecule has 0 bridgehead atoms. The van der Waals surface area contributed by atoms with Crippen LogP contribution in [0.25, 0.3) is 0 Å². The normalized spacial score (nSPS) is 16.0. The van der Waals surface area contributed by atoms with Crippen LogP contribution >= 0.6 is 11.6 Å². The first-order valence-electron chi connectivity index (χ1n) is 7.76. The summed E-state index contributed by atoms with van der Waals surface area (Å²) in [4.78, 5) is 23.7. The van der Waals surface area contributed by atoms with Crippen LogP contribution in [-0.2, 0) is 20.7 Å². The first-order valence-corrected chi connectivity index (χ1v) is 8.14. The van der Waals surface area contributed by atoms with Crippen LogP contribution < -0.4 is 5.32 Å². The summed E-state index contributed by atoms with van der Waals surface area (Å²) in [7, 11) is 0. The zero-order chi connectivity index (χ0) is 17.6. The van der Waals surface area contributed by atoms with Gasteiger partial charge in [0, 0.05) is 10.6 Å². The van der Waals surface area contributed by atoms with E-state index in [1.165, 1.54) is 18.2 Å². The van der Waals surface area contributed by atoms with Crippen molar-refractivity contribution in [2.75, 3.05) is 6.61 Å². The number of halogens is 2. The lowest BCUT2D eigenvalue weighted by molar-refractivity contribution is -0.148. The Kier molecular flexibility index (Phi) is 6.16. The van der Waals surface area contributed by atoms with Crippen LogP contribution in [0.15, 0.2) is 18.2 Å². The first kappa shape index (κ1) is 18.2. The molecule has 1 aliphatic rings. The van der Waals surface area contributed by atoms with Crippen molar-refractivity contribution in [3.63, 3.8) is 0 Å². The quantitative estimate of drug-likeness (QED) is 0.826. The third kappa shape index (κ3) is 4.68. The lowest BCUT2D eigenvalue weighted by Gasteiger charge is -2.31. The third-order valence-corrected chi connectivity index (χ3v) is 4.40. The Hall–Kier alpha value is -2.13. The Morgan fingerprint density at radius 3 is 2.67 bits per heavy atom. The van der Waals surface area contributed by atoms with Gasteiger partial charge in [-0.2, -0.15) is 5.26 Å². The Bertz CT molecular complexity index is 646. The van der Waals surface area contributed by atoms with Crippen LogP contribution in [-0.4, -0.2) is 24.0 Å². The lowest BCUT2D eigenvalue weighted by atomic mass is 9.83. The van der Waals surface area contributed by atoms with Crippen molar-refractivity contribution in [3.05, 3.63) is 34.6 Å². The Morgan fingerprint density at radius 2 is 2.04 bits per heavy atom. The molecule has 1 aromatic rings. The molecule has 1 aromatic carbocycles. The van der Waals surface area contributed by atoms with E-state index in [1.807, 2.05) is 0 Å². The molecule has 5 nitrogen and oxygen atoms in total. The number of amides is 1. The predicted octanol–water partition coefficient (Wildman–Crippen LogP) is 2.91. The maximum atomic E-state index is 13.6. The molecule has 128 valence electrons. The van der Waals surface area contributed by atoms with Crippen LogP contribution in [0.3, 0.4) is 0 Å². The fourth-order valence-corrected chi connectivity index (χ4v) is 3.00. The molecule has 7 heteroatoms. The third-order valence-electron chi connectivity index (χ3n) is 4.05. The first-order chi connectivity index (χ1) is 11.5. The molecule has 1 aliphatic carbocycles. The minimum Gasteiger partial charge on any atom is -0.455 e. The van der Waals surface area contributed by atoms with Crippen molar-refractivity contribution >= 4 is 23.5 Å². The molecule has 24 heavy (non-hydrogen) atoms. The van der Waals surface area contributed by atoms with Crippen molar-refractivity contribution in [1.29, 1.82) is 5.26 Å². The number of benzene rings is 1. The molecule has 2 rings (SSSR count). The van der Waals surface area contributed by atoms with E-state index in [9.17, 15) is 19.2 Å². The largest absolute Gasteiger partial charge is 0.455 e. The molecule has 1 amide bonds. The summed E-state index contributed by atoms with van der Waals surface area (Å²) < 4.78 is 18.5. The van der Waals surface area contributed by atoms with E-state index in [0.29, 0.717) is 12.8 Å². The molecular formula is C17H18ClFN2O3. The van der Waals surface area contributed by atoms with E-state index >= 15 is 0 Å². The van der Waals surface area contributed by atoms with E-state index in [4.69, 9.17) is 16.3 Å². The van der Waals surface area contributed by atoms with Crippen molar-refractivity contribution in [2.24, 2.45) is 0 Å². The number of rotatable bonds is 5. The molecule has 0 atom stereocenters. The van der Waals surface area contributed by atoms with Gasteiger partial charge in [0.2, 0.25) is 0 Å². The minimum atomic E-state index is -0.878. The zero-order valence-corrected chi connectivity index (χ0v) is 13.9. The summed E-state index contributed by atoms with van der Waals surface area (Å²) in [5.74, 6) is -1.90. The summed E-state index contributed by atoms with van der Waals surface area (Å²) in [5, 5.41) is 12.1. The summed E-state index contributed by atoms with van der Waals surface area (Å²) in [6.07, 6.45) is 3.61. The van der Waals surface area contributed by atoms with Gasteiger partial charge in [0.15, 0.2) is 6.61 Å². The predicted molar refractivity (Wildman–Crippen MR) is 85.6 cm³/mol. The van der Waals surface area contributed by atoms with Crippen molar-refractivity contribution in [2.45, 2.75) is 44.1 Å². The number of esters is 1. The molecule has 0 radical (unpaired) electrons. The number of hydrogen-bond donors (Lipinski definition) is 1. The summed E-state index contributed by atoms with van der Waals surface area (Å²) in [6, 6.07) is 6.25. The van der Waals surface area contributed by atoms with Gasteiger partial charge in [-0.15, -0.1) is 0 Å². The maximum Gasteiger partial charge on any atom is 0.310 e. The Morgan fingerprint density at radius 1 is 1.33 bits per heavy atom. The van der Waals surface area contributed by atoms with E-state index < -0.39 is 29.8 Å². The van der Waals surface area contributed by atoms with Crippen molar-refractivity contribution in [1.82, 2.24) is 5.32 Å². The summed E-state index contributed by atoms with van der Waals surface area (Å²) >= 11 is 5.84. The van der Waals surface area contributed by atoms with E-state index in [1.54, 1.807) is 0 Å². The van der Waals surface area contributed by atoms with Gasteiger partial charge in [-0.25, -0.2) is 4.39 Å². The molecule has 0 unspecified atom stereocenters. The van der Waals surface area contributed by atoms with E-state index in [2.05, 4.69) is 11.4 Å². The number of ether oxygens (including phenoxy) is 1. The number of hydrogen-bond acceptors (Lipinski definition) is 4. The molecule has 1 fully saturated rings. The highest BCUT2D eigenvalue weighted by molar-refractivity contribution is 6.31. The molecule has 0 saturated heterocycles. The highest BCUT2D eigenvalue weighted by Gasteiger charge is 2.33. The van der Waals surface area contributed by atoms with Crippen LogP contribution in [0, 0.1) is 17.1 Å². The summed E-state index contributed by atoms with van der Waals surface area (Å²) in [5.41, 5.74) is -0.846. The Labute approximate surface area is 144 Å². The fourth-order valence-electron chi connectivity index (χ4n) is 2.77. The lowest BCUT2D eigenvalue weighted by Crippen LogP contribution is -2.50. The molecular weight excluding hydrogens is 335 g/mol. The standard InChI is InChI=1S/C17H18ClFN2O3/c18-13-5-4-6-14(19)12(13)9-16(23)24-10-15(22)21-17(11-20)7-2-1-3-8-17/h4-6H,1-3,7-10H2,(H,21,22). The number of carbonyl (C=O) groups excluding carboxylic acids is 2. The zero-order valence-electron chi connectivity index (χ0n) is 13.1. The average Bonchev–Trinajstić information content (AvgIpc) is 2.57. The van der Waals surface area contributed by atoms with Crippen molar-refractivity contribution < 1.29 is 18.7 Å². The highest BCUT2D eigenvalue weighted by Crippen LogP contribution is 2.27. The maximum absolute atomic E-state index is 13.6. The number of nitrogens with zero attached hydrogens (tertiary/aromatic N) is 1. The second-order valence-electron chi connectivity index (χ2n) is 5.84. The van der Waals surface area contributed by atoms with E-state index in [0.717, 1.165) is 19.3 Å². The number of carbonyl (C=O) groups is 2. The SMILES string of the molecule is N#CC1(NC(=O)COC(=O)Cc2c(F)cccc2Cl)CCCCC1. The van der Waals surface area contributed by atoms with Crippen LogP contribution in [0.4, 0.5) is 4.39 Å². The van der Waals surface area contributed by atoms with Crippen LogP contribution in [0.1, 0.15) is 37.7 Å². The van der Waals surface area contributed by atoms with Crippen molar-refractivity contribution in [3.8, 4) is 6.07 Å². The molecule has 0 aliphatic heterocycles. The smallest absolute Gasteiger partial charge is 0.310 e. The number of nitriles is 1. The monoisotopic (exact) mass is 352 g/mol. The molecule has 1 N–H and O–H groups in total. The van der Waals surface area contributed by atoms with Gasteiger partial charge in [-0.05, 0) is 25.0 Å². The number of nitrogens with one attached hydrogen (secondary N) is 1. The second kappa shape index (κ2) is 8.11.